The van der Waals surface area contributed by atoms with Crippen LogP contribution in [0.2, 0.25) is 0 Å². The Kier molecular flexibility index (Phi) is 3.14. The molecule has 0 aromatic carbocycles. The van der Waals surface area contributed by atoms with Crippen molar-refractivity contribution in [2.45, 2.75) is 37.7 Å². The standard InChI is InChI=1S/C11H14F2N2O2S/c1-7-6-18-9(14-7)15(2)8(16)11(12,13)10(17)4-3-5-10/h6,17H,3-5H2,1-2H3. The Morgan fingerprint density at radius 2 is 2.22 bits per heavy atom. The van der Waals surface area contributed by atoms with E-state index in [1.165, 1.54) is 7.05 Å². The number of rotatable bonds is 3. The van der Waals surface area contributed by atoms with E-state index in [4.69, 9.17) is 0 Å². The summed E-state index contributed by atoms with van der Waals surface area (Å²) in [5.74, 6) is -5.17. The van der Waals surface area contributed by atoms with Crippen molar-refractivity contribution < 1.29 is 18.7 Å². The molecule has 0 atom stereocenters. The Morgan fingerprint density at radius 3 is 2.61 bits per heavy atom. The van der Waals surface area contributed by atoms with Gasteiger partial charge in [-0.05, 0) is 26.2 Å². The Morgan fingerprint density at radius 1 is 1.61 bits per heavy atom. The lowest BCUT2D eigenvalue weighted by molar-refractivity contribution is -0.213. The zero-order chi connectivity index (χ0) is 13.6. The topological polar surface area (TPSA) is 53.4 Å². The highest BCUT2D eigenvalue weighted by atomic mass is 32.1. The van der Waals surface area contributed by atoms with E-state index >= 15 is 0 Å². The first-order chi connectivity index (χ1) is 8.28. The van der Waals surface area contributed by atoms with E-state index in [1.807, 2.05) is 0 Å². The van der Waals surface area contributed by atoms with Gasteiger partial charge in [-0.1, -0.05) is 0 Å². The maximum Gasteiger partial charge on any atom is 0.352 e. The fourth-order valence-electron chi connectivity index (χ4n) is 1.82. The highest BCUT2D eigenvalue weighted by Gasteiger charge is 2.62. The number of aryl methyl sites for hydroxylation is 1. The monoisotopic (exact) mass is 276 g/mol. The highest BCUT2D eigenvalue weighted by molar-refractivity contribution is 7.14. The molecule has 1 saturated carbocycles. The Balaban J connectivity index is 2.20. The summed E-state index contributed by atoms with van der Waals surface area (Å²) in [5.41, 5.74) is -1.52. The molecule has 18 heavy (non-hydrogen) atoms. The van der Waals surface area contributed by atoms with Gasteiger partial charge in [0.1, 0.15) is 5.60 Å². The van der Waals surface area contributed by atoms with Gasteiger partial charge >= 0.3 is 11.8 Å². The molecule has 0 spiro atoms. The molecular weight excluding hydrogens is 262 g/mol. The molecule has 0 aliphatic heterocycles. The molecule has 1 fully saturated rings. The zero-order valence-corrected chi connectivity index (χ0v) is 10.9. The molecule has 4 nitrogen and oxygen atoms in total. The van der Waals surface area contributed by atoms with Crippen LogP contribution in [0, 0.1) is 6.92 Å². The van der Waals surface area contributed by atoms with Crippen LogP contribution < -0.4 is 4.90 Å². The summed E-state index contributed by atoms with van der Waals surface area (Å²) in [6.07, 6.45) is 0.423. The van der Waals surface area contributed by atoms with Gasteiger partial charge in [0.15, 0.2) is 5.13 Å². The molecule has 1 N–H and O–H groups in total. The van der Waals surface area contributed by atoms with E-state index in [0.717, 1.165) is 16.2 Å². The zero-order valence-electron chi connectivity index (χ0n) is 10.1. The lowest BCUT2D eigenvalue weighted by atomic mass is 9.75. The average Bonchev–Trinajstić information content (AvgIpc) is 2.70. The molecule has 1 amide bonds. The molecule has 0 unspecified atom stereocenters. The van der Waals surface area contributed by atoms with E-state index < -0.39 is 17.4 Å². The van der Waals surface area contributed by atoms with Crippen LogP contribution >= 0.6 is 11.3 Å². The van der Waals surface area contributed by atoms with Gasteiger partial charge in [0.05, 0.1) is 5.69 Å². The van der Waals surface area contributed by atoms with Gasteiger partial charge < -0.3 is 5.11 Å². The number of carbonyl (C=O) groups is 1. The van der Waals surface area contributed by atoms with Gasteiger partial charge in [0, 0.05) is 12.4 Å². The minimum Gasteiger partial charge on any atom is -0.383 e. The van der Waals surface area contributed by atoms with E-state index in [-0.39, 0.29) is 18.0 Å². The minimum absolute atomic E-state index is 0.0452. The molecule has 0 radical (unpaired) electrons. The van der Waals surface area contributed by atoms with Crippen LogP contribution in [0.5, 0.6) is 0 Å². The van der Waals surface area contributed by atoms with Crippen molar-refractivity contribution in [1.29, 1.82) is 0 Å². The van der Waals surface area contributed by atoms with Crippen molar-refractivity contribution >= 4 is 22.4 Å². The number of nitrogens with zero attached hydrogens (tertiary/aromatic N) is 2. The SMILES string of the molecule is Cc1csc(N(C)C(=O)C(F)(F)C2(O)CCC2)n1. The largest absolute Gasteiger partial charge is 0.383 e. The van der Waals surface area contributed by atoms with Crippen LogP contribution in [0.25, 0.3) is 0 Å². The third-order valence-corrected chi connectivity index (χ3v) is 4.27. The maximum absolute atomic E-state index is 13.9. The van der Waals surface area contributed by atoms with Crippen LogP contribution in [-0.4, -0.2) is 34.6 Å². The number of hydrogen-bond acceptors (Lipinski definition) is 4. The highest BCUT2D eigenvalue weighted by Crippen LogP contribution is 2.45. The summed E-state index contributed by atoms with van der Waals surface area (Å²) >= 11 is 1.12. The molecule has 100 valence electrons. The summed E-state index contributed by atoms with van der Waals surface area (Å²) < 4.78 is 27.9. The van der Waals surface area contributed by atoms with E-state index in [9.17, 15) is 18.7 Å². The van der Waals surface area contributed by atoms with Gasteiger partial charge in [-0.15, -0.1) is 11.3 Å². The smallest absolute Gasteiger partial charge is 0.352 e. The third kappa shape index (κ3) is 1.91. The number of thiazole rings is 1. The van der Waals surface area contributed by atoms with E-state index in [2.05, 4.69) is 4.98 Å². The summed E-state index contributed by atoms with van der Waals surface area (Å²) in [7, 11) is 1.25. The third-order valence-electron chi connectivity index (χ3n) is 3.23. The first-order valence-corrected chi connectivity index (χ1v) is 6.46. The van der Waals surface area contributed by atoms with Crippen molar-refractivity contribution in [3.05, 3.63) is 11.1 Å². The number of aromatic nitrogens is 1. The lowest BCUT2D eigenvalue weighted by Crippen LogP contribution is -2.61. The molecule has 1 aromatic heterocycles. The lowest BCUT2D eigenvalue weighted by Gasteiger charge is -2.42. The molecule has 0 saturated heterocycles. The molecule has 0 bridgehead atoms. The van der Waals surface area contributed by atoms with Crippen LogP contribution in [0.1, 0.15) is 25.0 Å². The molecule has 2 rings (SSSR count). The van der Waals surface area contributed by atoms with Gasteiger partial charge in [-0.25, -0.2) is 4.98 Å². The number of anilines is 1. The second kappa shape index (κ2) is 4.24. The predicted molar refractivity (Wildman–Crippen MR) is 64.0 cm³/mol. The fourth-order valence-corrected chi connectivity index (χ4v) is 2.58. The molecule has 1 aliphatic rings. The van der Waals surface area contributed by atoms with Gasteiger partial charge in [-0.3, -0.25) is 9.69 Å². The quantitative estimate of drug-likeness (QED) is 0.918. The fraction of sp³-hybridized carbons (Fsp3) is 0.636. The molecule has 1 aromatic rings. The number of aliphatic hydroxyl groups is 1. The predicted octanol–water partition coefficient (Wildman–Crippen LogP) is 1.96. The molecular formula is C11H14F2N2O2S. The number of halogens is 2. The summed E-state index contributed by atoms with van der Waals surface area (Å²) in [5, 5.41) is 11.6. The first-order valence-electron chi connectivity index (χ1n) is 5.58. The van der Waals surface area contributed by atoms with Gasteiger partial charge in [0.2, 0.25) is 0 Å². The maximum atomic E-state index is 13.9. The van der Waals surface area contributed by atoms with Crippen molar-refractivity contribution in [1.82, 2.24) is 4.98 Å². The average molecular weight is 276 g/mol. The number of hydrogen-bond donors (Lipinski definition) is 1. The Hall–Kier alpha value is -1.08. The van der Waals surface area contributed by atoms with Crippen molar-refractivity contribution in [2.75, 3.05) is 11.9 Å². The molecule has 1 heterocycles. The minimum atomic E-state index is -3.76. The second-order valence-corrected chi connectivity index (χ2v) is 5.43. The van der Waals surface area contributed by atoms with Gasteiger partial charge in [-0.2, -0.15) is 8.78 Å². The molecule has 7 heteroatoms. The van der Waals surface area contributed by atoms with E-state index in [1.54, 1.807) is 12.3 Å². The normalized spacial score (nSPS) is 18.3. The van der Waals surface area contributed by atoms with Crippen molar-refractivity contribution in [2.24, 2.45) is 0 Å². The number of alkyl halides is 2. The summed E-state index contributed by atoms with van der Waals surface area (Å²) in [6, 6.07) is 0. The first kappa shape index (κ1) is 13.4. The number of carbonyl (C=O) groups excluding carboxylic acids is 1. The van der Waals surface area contributed by atoms with Crippen LogP contribution in [0.3, 0.4) is 0 Å². The molecule has 1 aliphatic carbocycles. The van der Waals surface area contributed by atoms with Crippen LogP contribution in [-0.2, 0) is 4.79 Å². The van der Waals surface area contributed by atoms with Crippen molar-refractivity contribution in [3.8, 4) is 0 Å². The van der Waals surface area contributed by atoms with Gasteiger partial charge in [0.25, 0.3) is 0 Å². The van der Waals surface area contributed by atoms with Crippen LogP contribution in [0.15, 0.2) is 5.38 Å². The van der Waals surface area contributed by atoms with Crippen molar-refractivity contribution in [3.63, 3.8) is 0 Å². The summed E-state index contributed by atoms with van der Waals surface area (Å²) in [6.45, 7) is 1.72. The summed E-state index contributed by atoms with van der Waals surface area (Å²) in [4.78, 5) is 16.6. The number of amides is 1. The van der Waals surface area contributed by atoms with Crippen LogP contribution in [0.4, 0.5) is 13.9 Å². The Labute approximate surface area is 107 Å². The van der Waals surface area contributed by atoms with E-state index in [0.29, 0.717) is 12.1 Å². The second-order valence-electron chi connectivity index (χ2n) is 4.60. The Bertz CT molecular complexity index is 471.